The van der Waals surface area contributed by atoms with Crippen LogP contribution in [-0.4, -0.2) is 24.1 Å². The van der Waals surface area contributed by atoms with Gasteiger partial charge in [-0.1, -0.05) is 23.3 Å². The number of nitrogens with one attached hydrogen (secondary N) is 1. The summed E-state index contributed by atoms with van der Waals surface area (Å²) in [6, 6.07) is 7.01. The summed E-state index contributed by atoms with van der Waals surface area (Å²) in [5.74, 6) is -2.05. The molecule has 1 saturated carbocycles. The second-order valence-corrected chi connectivity index (χ2v) is 6.50. The molecule has 1 aromatic rings. The van der Waals surface area contributed by atoms with Crippen LogP contribution in [0.1, 0.15) is 13.8 Å². The summed E-state index contributed by atoms with van der Waals surface area (Å²) in [4.78, 5) is 24.5. The number of aliphatic carboxylic acids is 1. The fourth-order valence-corrected chi connectivity index (χ4v) is 3.94. The highest BCUT2D eigenvalue weighted by atomic mass is 16.5. The number of fused-ring (bicyclic) bond motifs is 2. The molecule has 0 heterocycles. The van der Waals surface area contributed by atoms with E-state index in [9.17, 15) is 14.7 Å². The first-order valence-corrected chi connectivity index (χ1v) is 7.97. The van der Waals surface area contributed by atoms with Crippen molar-refractivity contribution in [2.24, 2.45) is 23.7 Å². The Labute approximate surface area is 141 Å². The van der Waals surface area contributed by atoms with Gasteiger partial charge in [-0.3, -0.25) is 9.59 Å². The van der Waals surface area contributed by atoms with Gasteiger partial charge in [-0.25, -0.2) is 0 Å². The van der Waals surface area contributed by atoms with Crippen molar-refractivity contribution in [1.82, 2.24) is 0 Å². The zero-order valence-corrected chi connectivity index (χ0v) is 13.9. The average Bonchev–Trinajstić information content (AvgIpc) is 3.11. The number of benzene rings is 1. The number of allylic oxidation sites excluding steroid dienone is 4. The highest BCUT2D eigenvalue weighted by molar-refractivity contribution is 5.97. The topological polar surface area (TPSA) is 75.6 Å². The molecule has 5 heteroatoms. The molecule has 24 heavy (non-hydrogen) atoms. The number of carboxylic acid groups (broad SMARTS) is 1. The van der Waals surface area contributed by atoms with Crippen molar-refractivity contribution in [2.45, 2.75) is 13.8 Å². The number of hydrogen-bond acceptors (Lipinski definition) is 3. The van der Waals surface area contributed by atoms with Crippen molar-refractivity contribution in [3.05, 3.63) is 47.6 Å². The first kappa shape index (κ1) is 16.3. The van der Waals surface area contributed by atoms with Gasteiger partial charge in [-0.05, 0) is 38.1 Å². The van der Waals surface area contributed by atoms with Crippen molar-refractivity contribution in [2.75, 3.05) is 12.4 Å². The summed E-state index contributed by atoms with van der Waals surface area (Å²) in [5, 5.41) is 12.5. The van der Waals surface area contributed by atoms with Crippen LogP contribution in [-0.2, 0) is 9.59 Å². The molecule has 0 saturated heterocycles. The molecular weight excluding hydrogens is 306 g/mol. The summed E-state index contributed by atoms with van der Waals surface area (Å²) in [6.45, 7) is 3.95. The van der Waals surface area contributed by atoms with Gasteiger partial charge in [0.1, 0.15) is 5.75 Å². The number of rotatable bonds is 4. The maximum Gasteiger partial charge on any atom is 0.308 e. The monoisotopic (exact) mass is 327 g/mol. The predicted octanol–water partition coefficient (Wildman–Crippen LogP) is 3.10. The third kappa shape index (κ3) is 2.60. The largest absolute Gasteiger partial charge is 0.497 e. The van der Waals surface area contributed by atoms with Gasteiger partial charge < -0.3 is 15.2 Å². The molecule has 1 aromatic carbocycles. The minimum absolute atomic E-state index is 0.126. The van der Waals surface area contributed by atoms with E-state index in [1.807, 2.05) is 26.0 Å². The number of amides is 1. The zero-order valence-electron chi connectivity index (χ0n) is 13.9. The van der Waals surface area contributed by atoms with Gasteiger partial charge in [-0.2, -0.15) is 0 Å². The van der Waals surface area contributed by atoms with E-state index >= 15 is 0 Å². The Morgan fingerprint density at radius 3 is 2.12 bits per heavy atom. The third-order valence-electron chi connectivity index (χ3n) is 4.93. The van der Waals surface area contributed by atoms with Crippen LogP contribution in [0.4, 0.5) is 5.69 Å². The molecule has 0 aromatic heterocycles. The smallest absolute Gasteiger partial charge is 0.308 e. The number of carbonyl (C=O) groups excluding carboxylic acids is 1. The van der Waals surface area contributed by atoms with Gasteiger partial charge in [0.15, 0.2) is 0 Å². The molecule has 2 N–H and O–H groups in total. The molecule has 0 radical (unpaired) electrons. The summed E-state index contributed by atoms with van der Waals surface area (Å²) < 4.78 is 5.10. The Bertz CT molecular complexity index is 728. The second-order valence-electron chi connectivity index (χ2n) is 6.50. The van der Waals surface area contributed by atoms with E-state index in [1.54, 1.807) is 31.4 Å². The van der Waals surface area contributed by atoms with Crippen LogP contribution >= 0.6 is 0 Å². The van der Waals surface area contributed by atoms with Gasteiger partial charge in [0.25, 0.3) is 0 Å². The summed E-state index contributed by atoms with van der Waals surface area (Å²) in [5.41, 5.74) is 2.81. The summed E-state index contributed by atoms with van der Waals surface area (Å²) in [6.07, 6.45) is 3.91. The Hall–Kier alpha value is -2.56. The number of carboxylic acids is 1. The molecule has 0 aliphatic heterocycles. The molecule has 5 nitrogen and oxygen atoms in total. The van der Waals surface area contributed by atoms with E-state index in [0.717, 1.165) is 11.1 Å². The van der Waals surface area contributed by atoms with Gasteiger partial charge in [0.2, 0.25) is 5.91 Å². The SMILES string of the molecule is COc1ccc(NC(=O)[C@H]2[C@@H](C(=O)O)[C@H]3C=C[C@H]2C3=C(C)C)cc1. The van der Waals surface area contributed by atoms with Gasteiger partial charge in [-0.15, -0.1) is 0 Å². The van der Waals surface area contributed by atoms with E-state index in [-0.39, 0.29) is 17.7 Å². The lowest BCUT2D eigenvalue weighted by atomic mass is 9.82. The predicted molar refractivity (Wildman–Crippen MR) is 90.7 cm³/mol. The Morgan fingerprint density at radius 2 is 1.62 bits per heavy atom. The van der Waals surface area contributed by atoms with E-state index in [4.69, 9.17) is 4.74 Å². The fourth-order valence-electron chi connectivity index (χ4n) is 3.94. The fraction of sp³-hybridized carbons (Fsp3) is 0.368. The van der Waals surface area contributed by atoms with E-state index < -0.39 is 17.8 Å². The number of ether oxygens (including phenoxy) is 1. The maximum absolute atomic E-state index is 12.8. The van der Waals surface area contributed by atoms with Crippen molar-refractivity contribution >= 4 is 17.6 Å². The quantitative estimate of drug-likeness (QED) is 0.833. The highest BCUT2D eigenvalue weighted by Crippen LogP contribution is 2.53. The molecule has 126 valence electrons. The molecule has 1 fully saturated rings. The first-order valence-electron chi connectivity index (χ1n) is 7.97. The van der Waals surface area contributed by atoms with Crippen LogP contribution in [0.5, 0.6) is 5.75 Å². The third-order valence-corrected chi connectivity index (χ3v) is 4.93. The van der Waals surface area contributed by atoms with Crippen LogP contribution in [0.3, 0.4) is 0 Å². The normalized spacial score (nSPS) is 27.2. The van der Waals surface area contributed by atoms with E-state index in [0.29, 0.717) is 11.4 Å². The summed E-state index contributed by atoms with van der Waals surface area (Å²) in [7, 11) is 1.58. The lowest BCUT2D eigenvalue weighted by Gasteiger charge is -2.23. The Morgan fingerprint density at radius 1 is 1.04 bits per heavy atom. The molecule has 0 unspecified atom stereocenters. The maximum atomic E-state index is 12.8. The molecule has 0 spiro atoms. The number of carbonyl (C=O) groups is 2. The molecule has 2 aliphatic carbocycles. The van der Waals surface area contributed by atoms with Gasteiger partial charge >= 0.3 is 5.97 Å². The van der Waals surface area contributed by atoms with Gasteiger partial charge in [0.05, 0.1) is 18.9 Å². The molecule has 2 bridgehead atoms. The standard InChI is InChI=1S/C19H21NO4/c1-10(2)15-13-8-9-14(15)17(19(22)23)16(13)18(21)20-11-4-6-12(24-3)7-5-11/h4-9,13-14,16-17H,1-3H3,(H,20,21)(H,22,23)/t13-,14-,16+,17-/m0/s1. The first-order chi connectivity index (χ1) is 11.4. The molecule has 3 rings (SSSR count). The number of methoxy groups -OCH3 is 1. The van der Waals surface area contributed by atoms with Crippen LogP contribution in [0, 0.1) is 23.7 Å². The van der Waals surface area contributed by atoms with E-state index in [2.05, 4.69) is 5.32 Å². The van der Waals surface area contributed by atoms with Crippen molar-refractivity contribution in [3.63, 3.8) is 0 Å². The Balaban J connectivity index is 1.86. The van der Waals surface area contributed by atoms with Crippen LogP contribution in [0.25, 0.3) is 0 Å². The number of hydrogen-bond donors (Lipinski definition) is 2. The highest BCUT2D eigenvalue weighted by Gasteiger charge is 2.54. The number of anilines is 1. The van der Waals surface area contributed by atoms with Crippen molar-refractivity contribution in [1.29, 1.82) is 0 Å². The molecule has 2 aliphatic rings. The average molecular weight is 327 g/mol. The minimum atomic E-state index is -0.916. The van der Waals surface area contributed by atoms with Crippen LogP contribution < -0.4 is 10.1 Å². The lowest BCUT2D eigenvalue weighted by molar-refractivity contribution is -0.146. The molecular formula is C19H21NO4. The van der Waals surface area contributed by atoms with E-state index in [1.165, 1.54) is 0 Å². The van der Waals surface area contributed by atoms with Crippen molar-refractivity contribution < 1.29 is 19.4 Å². The van der Waals surface area contributed by atoms with Gasteiger partial charge in [0, 0.05) is 17.5 Å². The van der Waals surface area contributed by atoms with Crippen LogP contribution in [0.15, 0.2) is 47.6 Å². The zero-order chi connectivity index (χ0) is 17.4. The van der Waals surface area contributed by atoms with Crippen molar-refractivity contribution in [3.8, 4) is 5.75 Å². The van der Waals surface area contributed by atoms with Crippen LogP contribution in [0.2, 0.25) is 0 Å². The molecule has 4 atom stereocenters. The molecule has 1 amide bonds. The summed E-state index contributed by atoms with van der Waals surface area (Å²) >= 11 is 0. The lowest BCUT2D eigenvalue weighted by Crippen LogP contribution is -2.36. The minimum Gasteiger partial charge on any atom is -0.497 e. The Kier molecular flexibility index (Phi) is 4.18. The second kappa shape index (κ2) is 6.15.